The molecule has 0 unspecified atom stereocenters. The monoisotopic (exact) mass is 200 g/mol. The van der Waals surface area contributed by atoms with Gasteiger partial charge in [-0.05, 0) is 33.6 Å². The topological polar surface area (TPSA) is 71.4 Å². The lowest BCUT2D eigenvalue weighted by Crippen LogP contribution is -2.33. The minimum absolute atomic E-state index is 0.00382. The molecule has 14 heavy (non-hydrogen) atoms. The first-order chi connectivity index (χ1) is 6.30. The molecule has 0 aliphatic rings. The van der Waals surface area contributed by atoms with Crippen molar-refractivity contribution in [1.29, 1.82) is 0 Å². The number of carboxylic acids is 1. The third-order valence-electron chi connectivity index (χ3n) is 2.62. The zero-order valence-corrected chi connectivity index (χ0v) is 8.79. The molecule has 4 nitrogen and oxygen atoms in total. The zero-order valence-electron chi connectivity index (χ0n) is 8.79. The third-order valence-corrected chi connectivity index (χ3v) is 2.62. The van der Waals surface area contributed by atoms with Crippen molar-refractivity contribution >= 4 is 17.5 Å². The Bertz CT molecular complexity index is 241. The van der Waals surface area contributed by atoms with Gasteiger partial charge in [-0.2, -0.15) is 0 Å². The Hall–Kier alpha value is -1.19. The largest absolute Gasteiger partial charge is 0.481 e. The number of hydrogen-bond acceptors (Lipinski definition) is 3. The second-order valence-electron chi connectivity index (χ2n) is 3.69. The number of rotatable bonds is 6. The SMILES string of the molecule is CC(=O)C(C)(CCCC(=O)O)C(C)=O. The smallest absolute Gasteiger partial charge is 0.303 e. The van der Waals surface area contributed by atoms with E-state index in [-0.39, 0.29) is 18.0 Å². The molecule has 0 saturated heterocycles. The number of carboxylic acid groups (broad SMARTS) is 1. The van der Waals surface area contributed by atoms with Gasteiger partial charge >= 0.3 is 5.97 Å². The quantitative estimate of drug-likeness (QED) is 0.658. The van der Waals surface area contributed by atoms with Crippen molar-refractivity contribution in [3.63, 3.8) is 0 Å². The summed E-state index contributed by atoms with van der Waals surface area (Å²) in [6.45, 7) is 4.30. The van der Waals surface area contributed by atoms with Crippen LogP contribution in [0.25, 0.3) is 0 Å². The van der Waals surface area contributed by atoms with E-state index in [0.29, 0.717) is 12.8 Å². The van der Waals surface area contributed by atoms with Gasteiger partial charge in [0.1, 0.15) is 11.6 Å². The molecule has 0 amide bonds. The van der Waals surface area contributed by atoms with Crippen molar-refractivity contribution < 1.29 is 19.5 Å². The van der Waals surface area contributed by atoms with E-state index in [2.05, 4.69) is 0 Å². The van der Waals surface area contributed by atoms with Crippen LogP contribution in [0.15, 0.2) is 0 Å². The Balaban J connectivity index is 4.32. The molecule has 0 aliphatic heterocycles. The Morgan fingerprint density at radius 3 is 1.86 bits per heavy atom. The highest BCUT2D eigenvalue weighted by molar-refractivity contribution is 6.04. The van der Waals surface area contributed by atoms with E-state index >= 15 is 0 Å². The van der Waals surface area contributed by atoms with Crippen LogP contribution in [0.1, 0.15) is 40.0 Å². The molecule has 0 fully saturated rings. The van der Waals surface area contributed by atoms with Crippen LogP contribution < -0.4 is 0 Å². The lowest BCUT2D eigenvalue weighted by Gasteiger charge is -2.22. The normalized spacial score (nSPS) is 11.1. The summed E-state index contributed by atoms with van der Waals surface area (Å²) in [5.74, 6) is -1.30. The second-order valence-corrected chi connectivity index (χ2v) is 3.69. The molecule has 0 aromatic carbocycles. The van der Waals surface area contributed by atoms with E-state index in [1.807, 2.05) is 0 Å². The number of carbonyl (C=O) groups excluding carboxylic acids is 2. The van der Waals surface area contributed by atoms with Crippen molar-refractivity contribution in [2.24, 2.45) is 5.41 Å². The first kappa shape index (κ1) is 12.8. The van der Waals surface area contributed by atoms with Gasteiger partial charge in [-0.25, -0.2) is 0 Å². The zero-order chi connectivity index (χ0) is 11.4. The number of ketones is 2. The van der Waals surface area contributed by atoms with Crippen LogP contribution in [0.2, 0.25) is 0 Å². The molecular formula is C10H16O4. The van der Waals surface area contributed by atoms with Gasteiger partial charge in [0.05, 0.1) is 5.41 Å². The fraction of sp³-hybridized carbons (Fsp3) is 0.700. The summed E-state index contributed by atoms with van der Waals surface area (Å²) in [6.07, 6.45) is 0.658. The van der Waals surface area contributed by atoms with Gasteiger partial charge in [-0.3, -0.25) is 14.4 Å². The molecule has 0 aromatic heterocycles. The van der Waals surface area contributed by atoms with Gasteiger partial charge in [0.2, 0.25) is 0 Å². The summed E-state index contributed by atoms with van der Waals surface area (Å²) in [7, 11) is 0. The average Bonchev–Trinajstić information content (AvgIpc) is 2.02. The van der Waals surface area contributed by atoms with Gasteiger partial charge in [-0.1, -0.05) is 0 Å². The van der Waals surface area contributed by atoms with Gasteiger partial charge in [0, 0.05) is 6.42 Å². The Labute approximate surface area is 83.3 Å². The highest BCUT2D eigenvalue weighted by Gasteiger charge is 2.34. The molecular weight excluding hydrogens is 184 g/mol. The molecule has 0 spiro atoms. The van der Waals surface area contributed by atoms with Crippen LogP contribution in [0.4, 0.5) is 0 Å². The Morgan fingerprint density at radius 2 is 1.57 bits per heavy atom. The van der Waals surface area contributed by atoms with E-state index in [4.69, 9.17) is 5.11 Å². The summed E-state index contributed by atoms with van der Waals surface area (Å²) in [4.78, 5) is 32.7. The summed E-state index contributed by atoms with van der Waals surface area (Å²) >= 11 is 0. The summed E-state index contributed by atoms with van der Waals surface area (Å²) in [5, 5.41) is 8.42. The number of Topliss-reactive ketones (excluding diaryl/α,β-unsaturated/α-hetero) is 2. The van der Waals surface area contributed by atoms with Gasteiger partial charge in [0.25, 0.3) is 0 Å². The summed E-state index contributed by atoms with van der Waals surface area (Å²) in [5.41, 5.74) is -1.00. The van der Waals surface area contributed by atoms with E-state index in [1.54, 1.807) is 6.92 Å². The predicted molar refractivity (Wildman–Crippen MR) is 51.0 cm³/mol. The van der Waals surface area contributed by atoms with E-state index < -0.39 is 11.4 Å². The third kappa shape index (κ3) is 3.28. The molecule has 4 heteroatoms. The maximum absolute atomic E-state index is 11.2. The van der Waals surface area contributed by atoms with Crippen molar-refractivity contribution in [3.8, 4) is 0 Å². The molecule has 0 bridgehead atoms. The Kier molecular flexibility index (Phi) is 4.47. The number of hydrogen-bond donors (Lipinski definition) is 1. The molecule has 1 N–H and O–H groups in total. The van der Waals surface area contributed by atoms with Crippen molar-refractivity contribution in [2.75, 3.05) is 0 Å². The van der Waals surface area contributed by atoms with Crippen molar-refractivity contribution in [3.05, 3.63) is 0 Å². The van der Waals surface area contributed by atoms with Gasteiger partial charge in [-0.15, -0.1) is 0 Å². The summed E-state index contributed by atoms with van der Waals surface area (Å²) < 4.78 is 0. The number of carbonyl (C=O) groups is 3. The first-order valence-electron chi connectivity index (χ1n) is 4.54. The van der Waals surface area contributed by atoms with Crippen LogP contribution in [0.3, 0.4) is 0 Å². The maximum Gasteiger partial charge on any atom is 0.303 e. The first-order valence-corrected chi connectivity index (χ1v) is 4.54. The predicted octanol–water partition coefficient (Wildman–Crippen LogP) is 1.43. The van der Waals surface area contributed by atoms with E-state index in [9.17, 15) is 14.4 Å². The van der Waals surface area contributed by atoms with Gasteiger partial charge in [0.15, 0.2) is 0 Å². The fourth-order valence-corrected chi connectivity index (χ4v) is 1.19. The van der Waals surface area contributed by atoms with Crippen molar-refractivity contribution in [1.82, 2.24) is 0 Å². The van der Waals surface area contributed by atoms with Crippen LogP contribution >= 0.6 is 0 Å². The van der Waals surface area contributed by atoms with E-state index in [0.717, 1.165) is 0 Å². The highest BCUT2D eigenvalue weighted by Crippen LogP contribution is 2.26. The van der Waals surface area contributed by atoms with Crippen LogP contribution in [0.5, 0.6) is 0 Å². The second kappa shape index (κ2) is 4.88. The minimum Gasteiger partial charge on any atom is -0.481 e. The molecule has 0 heterocycles. The van der Waals surface area contributed by atoms with Crippen LogP contribution in [0, 0.1) is 5.41 Å². The molecule has 0 radical (unpaired) electrons. The molecule has 80 valence electrons. The number of aliphatic carboxylic acids is 1. The molecule has 0 rings (SSSR count). The van der Waals surface area contributed by atoms with E-state index in [1.165, 1.54) is 13.8 Å². The molecule has 0 aliphatic carbocycles. The van der Waals surface area contributed by atoms with Crippen molar-refractivity contribution in [2.45, 2.75) is 40.0 Å². The summed E-state index contributed by atoms with van der Waals surface area (Å²) in [6, 6.07) is 0. The van der Waals surface area contributed by atoms with Crippen LogP contribution in [-0.2, 0) is 14.4 Å². The average molecular weight is 200 g/mol. The maximum atomic E-state index is 11.2. The van der Waals surface area contributed by atoms with Gasteiger partial charge < -0.3 is 5.11 Å². The lowest BCUT2D eigenvalue weighted by atomic mass is 9.78. The standard InChI is InChI=1S/C10H16O4/c1-7(11)10(3,8(2)12)6-4-5-9(13)14/h4-6H2,1-3H3,(H,13,14). The molecule has 0 saturated carbocycles. The Morgan fingerprint density at radius 1 is 1.14 bits per heavy atom. The highest BCUT2D eigenvalue weighted by atomic mass is 16.4. The van der Waals surface area contributed by atoms with Crippen LogP contribution in [-0.4, -0.2) is 22.6 Å². The molecule has 0 aromatic rings. The fourth-order valence-electron chi connectivity index (χ4n) is 1.19. The minimum atomic E-state index is -1.00. The lowest BCUT2D eigenvalue weighted by molar-refractivity contribution is -0.140. The molecule has 0 atom stereocenters.